The van der Waals surface area contributed by atoms with E-state index in [-0.39, 0.29) is 41.1 Å². The van der Waals surface area contributed by atoms with Gasteiger partial charge < -0.3 is 35.0 Å². The maximum Gasteiger partial charge on any atom is 0.410 e. The number of carbonyl (C=O) groups is 4. The monoisotopic (exact) mass is 844 g/mol. The number of H-pyrrole nitrogens is 2. The first kappa shape index (κ1) is 43.9. The summed E-state index contributed by atoms with van der Waals surface area (Å²) < 4.78 is 9.71. The van der Waals surface area contributed by atoms with E-state index in [0.717, 1.165) is 82.3 Å². The van der Waals surface area contributed by atoms with Crippen molar-refractivity contribution in [3.63, 3.8) is 0 Å². The summed E-state index contributed by atoms with van der Waals surface area (Å²) in [6.45, 7) is 12.7. The van der Waals surface area contributed by atoms with Crippen molar-refractivity contribution in [1.29, 1.82) is 0 Å². The molecule has 3 aromatic carbocycles. The van der Waals surface area contributed by atoms with Gasteiger partial charge in [-0.3, -0.25) is 14.5 Å². The molecule has 7 rings (SSSR count). The van der Waals surface area contributed by atoms with Crippen LogP contribution >= 0.6 is 0 Å². The standard InChI is InChI=1S/C48H60N8O6/c1-9-11-29(5)40(54-44(57)30(6)51-46(59)61-7)43-50-25-37(53-43)32-14-12-31(13-15-32)33-16-17-35-23-36(19-18-34(35)22-33)38-26-49-42(52-38)39-24-48(20-21-48)27-56(39)45(58)41(28(3)4)55(10-2)47(60)62-8/h12-19,22-23,25-26,28-30,39-41H,9-11,20-21,24,27H2,1-8H3,(H,49,52)(H,50,53)(H,51,59)(H,54,57)/t29-,30-,39-,40-,41-/m0/s1. The van der Waals surface area contributed by atoms with Crippen LogP contribution in [0.3, 0.4) is 0 Å². The molecule has 328 valence electrons. The molecule has 1 saturated heterocycles. The molecule has 5 atom stereocenters. The Morgan fingerprint density at radius 2 is 1.45 bits per heavy atom. The zero-order chi connectivity index (χ0) is 44.3. The molecule has 1 aliphatic carbocycles. The number of aromatic nitrogens is 4. The summed E-state index contributed by atoms with van der Waals surface area (Å²) >= 11 is 0. The average molecular weight is 845 g/mol. The maximum atomic E-state index is 14.3. The van der Waals surface area contributed by atoms with Crippen LogP contribution in [0, 0.1) is 17.3 Å². The molecule has 3 heterocycles. The van der Waals surface area contributed by atoms with Gasteiger partial charge in [0.25, 0.3) is 0 Å². The van der Waals surface area contributed by atoms with Crippen LogP contribution in [0.15, 0.2) is 73.1 Å². The Kier molecular flexibility index (Phi) is 13.0. The van der Waals surface area contributed by atoms with E-state index in [2.05, 4.69) is 105 Å². The minimum atomic E-state index is -0.774. The lowest BCUT2D eigenvalue weighted by molar-refractivity contribution is -0.139. The first-order chi connectivity index (χ1) is 29.8. The Morgan fingerprint density at radius 3 is 2.08 bits per heavy atom. The molecule has 5 aromatic rings. The molecular weight excluding hydrogens is 785 g/mol. The van der Waals surface area contributed by atoms with E-state index in [9.17, 15) is 19.2 Å². The SMILES string of the molecule is CCC[C@H](C)[C@H](NC(=O)[C@H](C)NC(=O)OC)c1ncc(-c2ccc(-c3ccc4cc(-c5cnc([C@@H]6CC7(CC7)CN6C(=O)[C@H](C(C)C)N(CC)C(=O)OC)[nH]5)ccc4c3)cc2)[nH]1. The van der Waals surface area contributed by atoms with Gasteiger partial charge in [0.2, 0.25) is 11.8 Å². The highest BCUT2D eigenvalue weighted by molar-refractivity contribution is 5.91. The highest BCUT2D eigenvalue weighted by Gasteiger charge is 2.55. The summed E-state index contributed by atoms with van der Waals surface area (Å²) in [7, 11) is 2.62. The number of ether oxygens (including phenoxy) is 2. The number of nitrogens with one attached hydrogen (secondary N) is 4. The largest absolute Gasteiger partial charge is 0.453 e. The Morgan fingerprint density at radius 1 is 0.823 bits per heavy atom. The number of benzene rings is 3. The zero-order valence-corrected chi connectivity index (χ0v) is 37.1. The smallest absolute Gasteiger partial charge is 0.410 e. The second kappa shape index (κ2) is 18.4. The third-order valence-corrected chi connectivity index (χ3v) is 12.7. The second-order valence-corrected chi connectivity index (χ2v) is 17.5. The Labute approximate surface area is 363 Å². The summed E-state index contributed by atoms with van der Waals surface area (Å²) in [6.07, 6.45) is 7.35. The predicted molar refractivity (Wildman–Crippen MR) is 239 cm³/mol. The highest BCUT2D eigenvalue weighted by Crippen LogP contribution is 2.58. The molecule has 62 heavy (non-hydrogen) atoms. The Bertz CT molecular complexity index is 2400. The first-order valence-corrected chi connectivity index (χ1v) is 21.8. The number of aromatic amines is 2. The summed E-state index contributed by atoms with van der Waals surface area (Å²) in [4.78, 5) is 71.7. The fraction of sp³-hybridized carbons (Fsp3) is 0.458. The van der Waals surface area contributed by atoms with E-state index >= 15 is 0 Å². The molecule has 14 heteroatoms. The van der Waals surface area contributed by atoms with Crippen LogP contribution < -0.4 is 10.6 Å². The number of hydrogen-bond acceptors (Lipinski definition) is 8. The van der Waals surface area contributed by atoms with E-state index in [4.69, 9.17) is 9.72 Å². The van der Waals surface area contributed by atoms with Gasteiger partial charge in [-0.15, -0.1) is 0 Å². The minimum Gasteiger partial charge on any atom is -0.453 e. The molecule has 2 fully saturated rings. The molecule has 2 aliphatic rings. The number of methoxy groups -OCH3 is 2. The van der Waals surface area contributed by atoms with Crippen LogP contribution in [0.2, 0.25) is 0 Å². The molecule has 1 spiro atoms. The van der Waals surface area contributed by atoms with Crippen molar-refractivity contribution in [2.24, 2.45) is 17.3 Å². The van der Waals surface area contributed by atoms with Crippen LogP contribution in [0.25, 0.3) is 44.4 Å². The summed E-state index contributed by atoms with van der Waals surface area (Å²) in [5.41, 5.74) is 5.97. The van der Waals surface area contributed by atoms with Crippen LogP contribution in [-0.4, -0.2) is 93.1 Å². The number of likely N-dealkylation sites (N-methyl/N-ethyl adjacent to an activating group) is 1. The number of rotatable bonds is 15. The van der Waals surface area contributed by atoms with Gasteiger partial charge in [-0.2, -0.15) is 0 Å². The van der Waals surface area contributed by atoms with E-state index in [0.29, 0.717) is 18.9 Å². The Hall–Kier alpha value is -6.18. The summed E-state index contributed by atoms with van der Waals surface area (Å²) in [5, 5.41) is 7.80. The van der Waals surface area contributed by atoms with Crippen molar-refractivity contribution in [1.82, 2.24) is 40.4 Å². The lowest BCUT2D eigenvalue weighted by Crippen LogP contribution is -2.53. The quantitative estimate of drug-likeness (QED) is 0.0809. The van der Waals surface area contributed by atoms with Crippen molar-refractivity contribution in [2.45, 2.75) is 97.8 Å². The Balaban J connectivity index is 1.05. The van der Waals surface area contributed by atoms with Gasteiger partial charge in [-0.25, -0.2) is 19.6 Å². The predicted octanol–water partition coefficient (Wildman–Crippen LogP) is 8.79. The third kappa shape index (κ3) is 9.19. The lowest BCUT2D eigenvalue weighted by atomic mass is 9.96. The van der Waals surface area contributed by atoms with Gasteiger partial charge in [-0.1, -0.05) is 82.6 Å². The number of nitrogens with zero attached hydrogens (tertiary/aromatic N) is 4. The van der Waals surface area contributed by atoms with E-state index in [1.807, 2.05) is 31.9 Å². The van der Waals surface area contributed by atoms with Crippen LogP contribution in [0.5, 0.6) is 0 Å². The maximum absolute atomic E-state index is 14.3. The first-order valence-electron chi connectivity index (χ1n) is 21.8. The molecule has 0 unspecified atom stereocenters. The van der Waals surface area contributed by atoms with Gasteiger partial charge >= 0.3 is 12.2 Å². The molecule has 4 N–H and O–H groups in total. The average Bonchev–Trinajstić information content (AvgIpc) is 3.60. The van der Waals surface area contributed by atoms with E-state index < -0.39 is 24.3 Å². The molecule has 4 amide bonds. The molecular formula is C48H60N8O6. The number of amides is 4. The molecule has 0 bridgehead atoms. The van der Waals surface area contributed by atoms with Crippen LogP contribution in [0.4, 0.5) is 9.59 Å². The van der Waals surface area contributed by atoms with Gasteiger partial charge in [0.05, 0.1) is 50.1 Å². The van der Waals surface area contributed by atoms with Gasteiger partial charge in [-0.05, 0) is 96.4 Å². The van der Waals surface area contributed by atoms with Gasteiger partial charge in [0.15, 0.2) is 0 Å². The van der Waals surface area contributed by atoms with E-state index in [1.54, 1.807) is 13.1 Å². The second-order valence-electron chi connectivity index (χ2n) is 17.5. The molecule has 2 aromatic heterocycles. The topological polar surface area (TPSA) is 175 Å². The zero-order valence-electron chi connectivity index (χ0n) is 37.1. The highest BCUT2D eigenvalue weighted by atomic mass is 16.5. The normalized spacial score (nSPS) is 17.4. The van der Waals surface area contributed by atoms with Crippen molar-refractivity contribution in [3.8, 4) is 33.6 Å². The van der Waals surface area contributed by atoms with Crippen molar-refractivity contribution >= 4 is 34.8 Å². The van der Waals surface area contributed by atoms with Crippen LogP contribution in [-0.2, 0) is 19.1 Å². The van der Waals surface area contributed by atoms with E-state index in [1.165, 1.54) is 19.1 Å². The summed E-state index contributed by atoms with van der Waals surface area (Å²) in [5.74, 6) is 1.05. The number of carbonyl (C=O) groups excluding carboxylic acids is 4. The molecule has 1 aliphatic heterocycles. The fourth-order valence-corrected chi connectivity index (χ4v) is 8.99. The number of fused-ring (bicyclic) bond motifs is 1. The number of likely N-dealkylation sites (tertiary alicyclic amines) is 1. The van der Waals surface area contributed by atoms with Gasteiger partial charge in [0.1, 0.15) is 23.7 Å². The van der Waals surface area contributed by atoms with Crippen molar-refractivity contribution in [2.75, 3.05) is 27.3 Å². The fourth-order valence-electron chi connectivity index (χ4n) is 8.99. The third-order valence-electron chi connectivity index (χ3n) is 12.7. The van der Waals surface area contributed by atoms with Crippen LogP contribution in [0.1, 0.15) is 97.4 Å². The number of imidazole rings is 2. The molecule has 1 saturated carbocycles. The molecule has 0 radical (unpaired) electrons. The van der Waals surface area contributed by atoms with Gasteiger partial charge in [0, 0.05) is 18.7 Å². The number of alkyl carbamates (subject to hydrolysis) is 1. The minimum absolute atomic E-state index is 0.0582. The lowest BCUT2D eigenvalue weighted by Gasteiger charge is -2.36. The van der Waals surface area contributed by atoms with Crippen molar-refractivity contribution < 1.29 is 28.7 Å². The van der Waals surface area contributed by atoms with Crippen molar-refractivity contribution in [3.05, 3.63) is 84.7 Å². The number of hydrogen-bond donors (Lipinski definition) is 4. The summed E-state index contributed by atoms with van der Waals surface area (Å²) in [6, 6.07) is 19.2. The molecule has 14 nitrogen and oxygen atoms in total.